The monoisotopic (exact) mass is 307 g/mol. The van der Waals surface area contributed by atoms with Crippen molar-refractivity contribution in [2.75, 3.05) is 26.3 Å². The Morgan fingerprint density at radius 1 is 1.14 bits per heavy atom. The third kappa shape index (κ3) is 8.38. The van der Waals surface area contributed by atoms with Crippen LogP contribution >= 0.6 is 0 Å². The van der Waals surface area contributed by atoms with Crippen LogP contribution in [0.4, 0.5) is 0 Å². The summed E-state index contributed by atoms with van der Waals surface area (Å²) in [5.41, 5.74) is 2.85. The summed E-state index contributed by atoms with van der Waals surface area (Å²) in [5, 5.41) is 0. The van der Waals surface area contributed by atoms with E-state index in [-0.39, 0.29) is 0 Å². The van der Waals surface area contributed by atoms with Gasteiger partial charge in [0.25, 0.3) is 0 Å². The van der Waals surface area contributed by atoms with Crippen LogP contribution in [0.1, 0.15) is 59.8 Å². The summed E-state index contributed by atoms with van der Waals surface area (Å²) in [6.45, 7) is 11.6. The van der Waals surface area contributed by atoms with Crippen LogP contribution in [0.5, 0.6) is 0 Å². The number of allylic oxidation sites excluding steroid dienone is 4. The van der Waals surface area contributed by atoms with Crippen LogP contribution in [0, 0.1) is 5.92 Å². The highest BCUT2D eigenvalue weighted by molar-refractivity contribution is 5.76. The lowest BCUT2D eigenvalue weighted by atomic mass is 9.99. The van der Waals surface area contributed by atoms with Gasteiger partial charge in [-0.1, -0.05) is 30.2 Å². The number of rotatable bonds is 8. The van der Waals surface area contributed by atoms with E-state index < -0.39 is 0 Å². The first-order valence-corrected chi connectivity index (χ1v) is 8.63. The second-order valence-electron chi connectivity index (χ2n) is 6.75. The van der Waals surface area contributed by atoms with Crippen LogP contribution < -0.4 is 0 Å². The van der Waals surface area contributed by atoms with Gasteiger partial charge in [0, 0.05) is 19.5 Å². The van der Waals surface area contributed by atoms with Gasteiger partial charge in [-0.2, -0.15) is 0 Å². The molecule has 3 heteroatoms. The highest BCUT2D eigenvalue weighted by Crippen LogP contribution is 2.15. The molecule has 0 aromatic carbocycles. The SMILES string of the molecule is CC(C)=CCCC(C)=CCCC(C)CC(=O)N1CCOCC1. The lowest BCUT2D eigenvalue weighted by molar-refractivity contribution is -0.136. The van der Waals surface area contributed by atoms with Gasteiger partial charge in [0.05, 0.1) is 13.2 Å². The number of carbonyl (C=O) groups is 1. The molecule has 0 spiro atoms. The van der Waals surface area contributed by atoms with Gasteiger partial charge in [0.1, 0.15) is 0 Å². The molecular formula is C19H33NO2. The molecule has 1 atom stereocenters. The normalized spacial score (nSPS) is 17.3. The van der Waals surface area contributed by atoms with Gasteiger partial charge in [-0.15, -0.1) is 0 Å². The molecule has 1 heterocycles. The predicted octanol–water partition coefficient (Wildman–Crippen LogP) is 4.34. The second-order valence-corrected chi connectivity index (χ2v) is 6.75. The molecule has 0 aromatic heterocycles. The average molecular weight is 307 g/mol. The molecule has 126 valence electrons. The molecule has 1 fully saturated rings. The number of nitrogens with zero attached hydrogens (tertiary/aromatic N) is 1. The predicted molar refractivity (Wildman–Crippen MR) is 92.8 cm³/mol. The highest BCUT2D eigenvalue weighted by Gasteiger charge is 2.18. The van der Waals surface area contributed by atoms with Gasteiger partial charge >= 0.3 is 0 Å². The van der Waals surface area contributed by atoms with E-state index in [1.165, 1.54) is 11.1 Å². The maximum Gasteiger partial charge on any atom is 0.222 e. The van der Waals surface area contributed by atoms with E-state index in [0.717, 1.165) is 38.8 Å². The summed E-state index contributed by atoms with van der Waals surface area (Å²) in [6.07, 6.45) is 9.76. The van der Waals surface area contributed by atoms with Crippen molar-refractivity contribution < 1.29 is 9.53 Å². The molecule has 0 saturated carbocycles. The van der Waals surface area contributed by atoms with Gasteiger partial charge < -0.3 is 9.64 Å². The summed E-state index contributed by atoms with van der Waals surface area (Å²) in [7, 11) is 0. The van der Waals surface area contributed by atoms with Crippen LogP contribution in [0.3, 0.4) is 0 Å². The Morgan fingerprint density at radius 3 is 2.45 bits per heavy atom. The van der Waals surface area contributed by atoms with E-state index in [2.05, 4.69) is 39.8 Å². The Hall–Kier alpha value is -1.09. The van der Waals surface area contributed by atoms with Crippen molar-refractivity contribution in [1.29, 1.82) is 0 Å². The Morgan fingerprint density at radius 2 is 1.82 bits per heavy atom. The molecule has 0 N–H and O–H groups in total. The number of carbonyl (C=O) groups excluding carboxylic acids is 1. The molecule has 1 rings (SSSR count). The number of morpholine rings is 1. The van der Waals surface area contributed by atoms with Crippen molar-refractivity contribution >= 4 is 5.91 Å². The van der Waals surface area contributed by atoms with Crippen molar-refractivity contribution in [2.45, 2.75) is 59.8 Å². The molecule has 0 aromatic rings. The van der Waals surface area contributed by atoms with Gasteiger partial charge in [-0.05, 0) is 52.4 Å². The summed E-state index contributed by atoms with van der Waals surface area (Å²) >= 11 is 0. The van der Waals surface area contributed by atoms with E-state index in [1.807, 2.05) is 4.90 Å². The molecule has 1 aliphatic heterocycles. The topological polar surface area (TPSA) is 29.5 Å². The molecule has 0 bridgehead atoms. The molecule has 3 nitrogen and oxygen atoms in total. The first-order valence-electron chi connectivity index (χ1n) is 8.63. The lowest BCUT2D eigenvalue weighted by Crippen LogP contribution is -2.41. The van der Waals surface area contributed by atoms with Crippen molar-refractivity contribution in [1.82, 2.24) is 4.90 Å². The van der Waals surface area contributed by atoms with Crippen molar-refractivity contribution in [3.8, 4) is 0 Å². The minimum atomic E-state index is 0.292. The number of hydrogen-bond donors (Lipinski definition) is 0. The average Bonchev–Trinajstić information content (AvgIpc) is 2.47. The van der Waals surface area contributed by atoms with E-state index in [1.54, 1.807) is 0 Å². The molecular weight excluding hydrogens is 274 g/mol. The number of hydrogen-bond acceptors (Lipinski definition) is 2. The van der Waals surface area contributed by atoms with E-state index in [0.29, 0.717) is 31.5 Å². The third-order valence-electron chi connectivity index (χ3n) is 4.13. The fraction of sp³-hybridized carbons (Fsp3) is 0.737. The van der Waals surface area contributed by atoms with Crippen LogP contribution in [-0.4, -0.2) is 37.1 Å². The van der Waals surface area contributed by atoms with E-state index >= 15 is 0 Å². The maximum atomic E-state index is 12.2. The van der Waals surface area contributed by atoms with Gasteiger partial charge in [-0.3, -0.25) is 4.79 Å². The second kappa shape index (κ2) is 10.6. The smallest absolute Gasteiger partial charge is 0.222 e. The Labute approximate surface area is 136 Å². The van der Waals surface area contributed by atoms with E-state index in [4.69, 9.17) is 4.74 Å². The van der Waals surface area contributed by atoms with Crippen molar-refractivity contribution in [3.63, 3.8) is 0 Å². The Balaban J connectivity index is 2.20. The zero-order valence-electron chi connectivity index (χ0n) is 14.9. The van der Waals surface area contributed by atoms with Gasteiger partial charge in [0.15, 0.2) is 0 Å². The zero-order chi connectivity index (χ0) is 16.4. The van der Waals surface area contributed by atoms with E-state index in [9.17, 15) is 4.79 Å². The minimum Gasteiger partial charge on any atom is -0.378 e. The molecule has 1 aliphatic rings. The van der Waals surface area contributed by atoms with Crippen molar-refractivity contribution in [2.24, 2.45) is 5.92 Å². The standard InChI is InChI=1S/C19H33NO2/c1-16(2)7-5-8-17(3)9-6-10-18(4)15-19(21)20-11-13-22-14-12-20/h7,9,18H,5-6,8,10-15H2,1-4H3. The highest BCUT2D eigenvalue weighted by atomic mass is 16.5. The fourth-order valence-electron chi connectivity index (χ4n) is 2.65. The van der Waals surface area contributed by atoms with Crippen LogP contribution in [0.2, 0.25) is 0 Å². The first-order chi connectivity index (χ1) is 10.5. The summed E-state index contributed by atoms with van der Waals surface area (Å²) in [6, 6.07) is 0. The Bertz CT molecular complexity index is 388. The molecule has 0 radical (unpaired) electrons. The quantitative estimate of drug-likeness (QED) is 0.624. The fourth-order valence-corrected chi connectivity index (χ4v) is 2.65. The van der Waals surface area contributed by atoms with Crippen LogP contribution in [0.15, 0.2) is 23.3 Å². The Kier molecular flexibility index (Phi) is 9.14. The third-order valence-corrected chi connectivity index (χ3v) is 4.13. The first kappa shape index (κ1) is 19.0. The molecule has 0 aliphatic carbocycles. The molecule has 1 unspecified atom stereocenters. The molecule has 22 heavy (non-hydrogen) atoms. The lowest BCUT2D eigenvalue weighted by Gasteiger charge is -2.27. The van der Waals surface area contributed by atoms with Crippen molar-refractivity contribution in [3.05, 3.63) is 23.3 Å². The van der Waals surface area contributed by atoms with Crippen LogP contribution in [-0.2, 0) is 9.53 Å². The number of ether oxygens (including phenoxy) is 1. The van der Waals surface area contributed by atoms with Gasteiger partial charge in [0.2, 0.25) is 5.91 Å². The zero-order valence-corrected chi connectivity index (χ0v) is 14.9. The molecule has 1 saturated heterocycles. The summed E-state index contributed by atoms with van der Waals surface area (Å²) < 4.78 is 5.29. The largest absolute Gasteiger partial charge is 0.378 e. The van der Waals surface area contributed by atoms with Crippen LogP contribution in [0.25, 0.3) is 0 Å². The maximum absolute atomic E-state index is 12.2. The summed E-state index contributed by atoms with van der Waals surface area (Å²) in [5.74, 6) is 0.747. The van der Waals surface area contributed by atoms with Gasteiger partial charge in [-0.25, -0.2) is 0 Å². The molecule has 1 amide bonds. The minimum absolute atomic E-state index is 0.292. The number of amides is 1. The summed E-state index contributed by atoms with van der Waals surface area (Å²) in [4.78, 5) is 14.1.